The molecule has 3 aromatic rings. The molecule has 34 heavy (non-hydrogen) atoms. The van der Waals surface area contributed by atoms with Crippen LogP contribution >= 0.6 is 0 Å². The molecular weight excluding hydrogens is 437 g/mol. The van der Waals surface area contributed by atoms with Crippen molar-refractivity contribution in [3.63, 3.8) is 0 Å². The van der Waals surface area contributed by atoms with Gasteiger partial charge in [0.2, 0.25) is 0 Å². The van der Waals surface area contributed by atoms with E-state index < -0.39 is 12.1 Å². The Bertz CT molecular complexity index is 1160. The zero-order valence-electron chi connectivity index (χ0n) is 19.5. The van der Waals surface area contributed by atoms with Gasteiger partial charge in [-0.2, -0.15) is 0 Å². The number of carboxylic acids is 1. The van der Waals surface area contributed by atoms with Crippen LogP contribution in [0.2, 0.25) is 0 Å². The summed E-state index contributed by atoms with van der Waals surface area (Å²) in [5, 5.41) is 9.20. The van der Waals surface area contributed by atoms with E-state index in [0.717, 1.165) is 22.3 Å². The number of amides is 1. The average molecular weight is 466 g/mol. The fourth-order valence-electron chi connectivity index (χ4n) is 3.66. The van der Waals surface area contributed by atoms with Crippen molar-refractivity contribution in [1.29, 1.82) is 0 Å². The number of carboxylic acid groups (broad SMARTS) is 1. The van der Waals surface area contributed by atoms with E-state index in [2.05, 4.69) is 0 Å². The third kappa shape index (κ3) is 6.34. The fraction of sp³-hybridized carbons (Fsp3) is 0.259. The van der Waals surface area contributed by atoms with Crippen LogP contribution in [0, 0.1) is 12.7 Å². The van der Waals surface area contributed by atoms with Crippen LogP contribution in [0.5, 0.6) is 5.75 Å². The zero-order chi connectivity index (χ0) is 24.7. The van der Waals surface area contributed by atoms with Crippen LogP contribution in [0.4, 0.5) is 9.18 Å². The monoisotopic (exact) mass is 465 g/mol. The molecule has 178 valence electrons. The molecule has 7 heteroatoms. The third-order valence-corrected chi connectivity index (χ3v) is 5.45. The summed E-state index contributed by atoms with van der Waals surface area (Å²) in [6.07, 6.45) is -0.584. The number of hydrogen-bond donors (Lipinski definition) is 1. The molecule has 0 heterocycles. The van der Waals surface area contributed by atoms with Crippen LogP contribution in [-0.4, -0.2) is 35.7 Å². The van der Waals surface area contributed by atoms with E-state index in [9.17, 15) is 19.1 Å². The summed E-state index contributed by atoms with van der Waals surface area (Å²) in [5.74, 6) is -0.649. The molecule has 1 N–H and O–H groups in total. The largest absolute Gasteiger partial charge is 0.496 e. The number of carbonyl (C=O) groups is 2. The highest BCUT2D eigenvalue weighted by atomic mass is 19.1. The highest BCUT2D eigenvalue weighted by Gasteiger charge is 2.19. The lowest BCUT2D eigenvalue weighted by molar-refractivity contribution is -0.136. The van der Waals surface area contributed by atoms with E-state index in [4.69, 9.17) is 9.47 Å². The zero-order valence-corrected chi connectivity index (χ0v) is 19.5. The molecule has 1 amide bonds. The van der Waals surface area contributed by atoms with E-state index >= 15 is 0 Å². The van der Waals surface area contributed by atoms with Gasteiger partial charge in [-0.3, -0.25) is 4.79 Å². The maximum Gasteiger partial charge on any atom is 0.410 e. The predicted octanol–water partition coefficient (Wildman–Crippen LogP) is 5.60. The molecule has 6 nitrogen and oxygen atoms in total. The molecule has 3 rings (SSSR count). The molecule has 0 aliphatic carbocycles. The van der Waals surface area contributed by atoms with Crippen molar-refractivity contribution in [2.75, 3.05) is 13.7 Å². The van der Waals surface area contributed by atoms with E-state index in [1.807, 2.05) is 38.1 Å². The van der Waals surface area contributed by atoms with Crippen LogP contribution in [0.25, 0.3) is 11.1 Å². The number of ether oxygens (including phenoxy) is 2. The van der Waals surface area contributed by atoms with E-state index in [1.165, 1.54) is 12.1 Å². The van der Waals surface area contributed by atoms with Gasteiger partial charge in [-0.1, -0.05) is 42.0 Å². The van der Waals surface area contributed by atoms with Gasteiger partial charge in [0.05, 0.1) is 13.5 Å². The minimum atomic E-state index is -0.915. The molecule has 0 fully saturated rings. The summed E-state index contributed by atoms with van der Waals surface area (Å²) >= 11 is 0. The van der Waals surface area contributed by atoms with Gasteiger partial charge in [-0.15, -0.1) is 0 Å². The van der Waals surface area contributed by atoms with Crippen LogP contribution in [-0.2, 0) is 29.1 Å². The number of benzene rings is 3. The lowest BCUT2D eigenvalue weighted by Crippen LogP contribution is -2.31. The molecule has 0 spiro atoms. The number of aliphatic carboxylic acids is 1. The van der Waals surface area contributed by atoms with Gasteiger partial charge in [-0.05, 0) is 60.4 Å². The van der Waals surface area contributed by atoms with Crippen molar-refractivity contribution >= 4 is 12.1 Å². The summed E-state index contributed by atoms with van der Waals surface area (Å²) in [5.41, 5.74) is 4.86. The molecular formula is C27H28FNO5. The van der Waals surface area contributed by atoms with Crippen molar-refractivity contribution in [2.45, 2.75) is 33.4 Å². The summed E-state index contributed by atoms with van der Waals surface area (Å²) < 4.78 is 24.1. The number of halogens is 1. The molecule has 0 saturated heterocycles. The second kappa shape index (κ2) is 11.3. The Morgan fingerprint density at radius 1 is 0.971 bits per heavy atom. The molecule has 3 aromatic carbocycles. The first-order valence-corrected chi connectivity index (χ1v) is 11.0. The van der Waals surface area contributed by atoms with Gasteiger partial charge in [0.1, 0.15) is 18.2 Å². The maximum atomic E-state index is 13.1. The molecule has 0 bridgehead atoms. The molecule has 0 aliphatic heterocycles. The Labute approximate surface area is 198 Å². The lowest BCUT2D eigenvalue weighted by Gasteiger charge is -2.23. The molecule has 0 aliphatic rings. The normalized spacial score (nSPS) is 10.6. The third-order valence-electron chi connectivity index (χ3n) is 5.45. The molecule has 0 radical (unpaired) electrons. The van der Waals surface area contributed by atoms with Gasteiger partial charge < -0.3 is 19.5 Å². The van der Waals surface area contributed by atoms with E-state index in [1.54, 1.807) is 36.3 Å². The van der Waals surface area contributed by atoms with E-state index in [0.29, 0.717) is 30.0 Å². The minimum absolute atomic E-state index is 0.0431. The van der Waals surface area contributed by atoms with Crippen LogP contribution in [0.1, 0.15) is 29.2 Å². The minimum Gasteiger partial charge on any atom is -0.496 e. The first kappa shape index (κ1) is 24.8. The first-order valence-electron chi connectivity index (χ1n) is 11.0. The Hall–Kier alpha value is -3.87. The summed E-state index contributed by atoms with van der Waals surface area (Å²) in [4.78, 5) is 25.6. The number of hydrogen-bond acceptors (Lipinski definition) is 4. The standard InChI is InChI=1S/C27H28FNO5/c1-4-29(27(32)34-17-19-6-10-22(28)11-7-19)16-21-9-5-18(2)13-23(21)24-14-20(15-26(30)31)8-12-25(24)33-3/h5-14H,4,15-17H2,1-3H3,(H,30,31). The second-order valence-electron chi connectivity index (χ2n) is 7.96. The maximum absolute atomic E-state index is 13.1. The van der Waals surface area contributed by atoms with Gasteiger partial charge in [0.15, 0.2) is 0 Å². The van der Waals surface area contributed by atoms with Gasteiger partial charge in [0, 0.05) is 18.7 Å². The Balaban J connectivity index is 1.87. The molecule has 0 unspecified atom stereocenters. The highest BCUT2D eigenvalue weighted by molar-refractivity contribution is 5.77. The smallest absolute Gasteiger partial charge is 0.410 e. The van der Waals surface area contributed by atoms with Gasteiger partial charge in [0.25, 0.3) is 0 Å². The summed E-state index contributed by atoms with van der Waals surface area (Å²) in [6, 6.07) is 17.0. The number of carbonyl (C=O) groups excluding carboxylic acids is 1. The fourth-order valence-corrected chi connectivity index (χ4v) is 3.66. The number of aryl methyl sites for hydroxylation is 1. The number of rotatable bonds is 9. The Kier molecular flexibility index (Phi) is 8.24. The van der Waals surface area contributed by atoms with Crippen LogP contribution in [0.15, 0.2) is 60.7 Å². The second-order valence-corrected chi connectivity index (χ2v) is 7.96. The highest BCUT2D eigenvalue weighted by Crippen LogP contribution is 2.35. The van der Waals surface area contributed by atoms with Crippen LogP contribution in [0.3, 0.4) is 0 Å². The van der Waals surface area contributed by atoms with Crippen molar-refractivity contribution in [1.82, 2.24) is 4.90 Å². The van der Waals surface area contributed by atoms with Crippen molar-refractivity contribution in [3.05, 3.63) is 88.7 Å². The van der Waals surface area contributed by atoms with Gasteiger partial charge in [-0.25, -0.2) is 9.18 Å². The number of nitrogens with zero attached hydrogens (tertiary/aromatic N) is 1. The Morgan fingerprint density at radius 3 is 2.32 bits per heavy atom. The van der Waals surface area contributed by atoms with Crippen LogP contribution < -0.4 is 4.74 Å². The molecule has 0 atom stereocenters. The quantitative estimate of drug-likeness (QED) is 0.445. The number of methoxy groups -OCH3 is 1. The van der Waals surface area contributed by atoms with Crippen molar-refractivity contribution < 1.29 is 28.6 Å². The first-order chi connectivity index (χ1) is 16.3. The average Bonchev–Trinajstić information content (AvgIpc) is 2.82. The molecule has 0 saturated carbocycles. The van der Waals surface area contributed by atoms with Crippen molar-refractivity contribution in [2.24, 2.45) is 0 Å². The van der Waals surface area contributed by atoms with E-state index in [-0.39, 0.29) is 18.8 Å². The van der Waals surface area contributed by atoms with Gasteiger partial charge >= 0.3 is 12.1 Å². The predicted molar refractivity (Wildman–Crippen MR) is 127 cm³/mol. The lowest BCUT2D eigenvalue weighted by atomic mass is 9.94. The van der Waals surface area contributed by atoms with Crippen molar-refractivity contribution in [3.8, 4) is 16.9 Å². The Morgan fingerprint density at radius 2 is 1.68 bits per heavy atom. The molecule has 0 aromatic heterocycles. The summed E-state index contributed by atoms with van der Waals surface area (Å²) in [7, 11) is 1.57. The summed E-state index contributed by atoms with van der Waals surface area (Å²) in [6.45, 7) is 4.59. The SMILES string of the molecule is CCN(Cc1ccc(C)cc1-c1cc(CC(=O)O)ccc1OC)C(=O)OCc1ccc(F)cc1. The topological polar surface area (TPSA) is 76.1 Å².